The van der Waals surface area contributed by atoms with E-state index >= 15 is 0 Å². The zero-order chi connectivity index (χ0) is 19.5. The first-order chi connectivity index (χ1) is 11.7. The van der Waals surface area contributed by atoms with Crippen LogP contribution in [-0.4, -0.2) is 33.2 Å². The third-order valence-corrected chi connectivity index (χ3v) is 5.34. The van der Waals surface area contributed by atoms with Crippen molar-refractivity contribution in [1.82, 2.24) is 0 Å². The molecule has 0 amide bonds. The van der Waals surface area contributed by atoms with Gasteiger partial charge in [-0.05, 0) is 26.7 Å². The van der Waals surface area contributed by atoms with Crippen molar-refractivity contribution in [3.63, 3.8) is 0 Å². The molecule has 0 aliphatic heterocycles. The van der Waals surface area contributed by atoms with Gasteiger partial charge in [0.05, 0.1) is 21.3 Å². The van der Waals surface area contributed by atoms with Crippen LogP contribution >= 0.6 is 0 Å². The zero-order valence-corrected chi connectivity index (χ0v) is 18.3. The topological polar surface area (TPSA) is 52.6 Å². The second-order valence-electron chi connectivity index (χ2n) is 7.67. The summed E-state index contributed by atoms with van der Waals surface area (Å²) < 4.78 is 10.3. The number of unbranched alkanes of at least 4 members (excludes halogenated alkanes) is 3. The Morgan fingerprint density at radius 2 is 1.44 bits per heavy atom. The molecule has 1 atom stereocenters. The number of esters is 2. The van der Waals surface area contributed by atoms with E-state index in [-0.39, 0.29) is 19.1 Å². The van der Waals surface area contributed by atoms with E-state index in [1.807, 2.05) is 6.92 Å². The number of hydrogen-bond acceptors (Lipinski definition) is 4. The van der Waals surface area contributed by atoms with E-state index in [9.17, 15) is 9.59 Å². The number of ether oxygens (including phenoxy) is 2. The van der Waals surface area contributed by atoms with Gasteiger partial charge in [-0.3, -0.25) is 9.59 Å². The van der Waals surface area contributed by atoms with Gasteiger partial charge in [0.25, 0.3) is 0 Å². The Bertz CT molecular complexity index is 419. The normalized spacial score (nSPS) is 13.7. The van der Waals surface area contributed by atoms with Crippen LogP contribution in [0.3, 0.4) is 0 Å². The predicted octanol–water partition coefficient (Wildman–Crippen LogP) is 5.14. The van der Waals surface area contributed by atoms with Gasteiger partial charge in [0.1, 0.15) is 0 Å². The first-order valence-corrected chi connectivity index (χ1v) is 13.3. The maximum atomic E-state index is 12.4. The summed E-state index contributed by atoms with van der Waals surface area (Å²) in [5.41, 5.74) is 3.55. The molecule has 0 aliphatic rings. The van der Waals surface area contributed by atoms with Gasteiger partial charge < -0.3 is 9.47 Å². The van der Waals surface area contributed by atoms with Crippen molar-refractivity contribution in [3.05, 3.63) is 11.3 Å². The maximum absolute atomic E-state index is 12.4. The molecule has 0 aliphatic carbocycles. The van der Waals surface area contributed by atoms with E-state index in [0.29, 0.717) is 0 Å². The third kappa shape index (κ3) is 9.83. The molecule has 0 bridgehead atoms. The zero-order valence-electron chi connectivity index (χ0n) is 17.3. The highest BCUT2D eigenvalue weighted by atomic mass is 28.3. The molecule has 0 heterocycles. The summed E-state index contributed by atoms with van der Waals surface area (Å²) in [7, 11) is -1.47. The van der Waals surface area contributed by atoms with Crippen molar-refractivity contribution >= 4 is 20.0 Å². The number of rotatable bonds is 12. The van der Waals surface area contributed by atoms with Gasteiger partial charge in [-0.1, -0.05) is 64.0 Å². The van der Waals surface area contributed by atoms with E-state index in [4.69, 9.17) is 9.47 Å². The fourth-order valence-electron chi connectivity index (χ4n) is 2.93. The molecule has 0 saturated heterocycles. The quantitative estimate of drug-likeness (QED) is 0.207. The summed E-state index contributed by atoms with van der Waals surface area (Å²) in [6.45, 7) is 15.0. The lowest BCUT2D eigenvalue weighted by Gasteiger charge is -2.26. The molecule has 1 unspecified atom stereocenters. The minimum Gasteiger partial charge on any atom is -0.465 e. The molecule has 0 N–H and O–H groups in total. The lowest BCUT2D eigenvalue weighted by Crippen LogP contribution is -2.35. The standard InChI is InChI=1S/C20H38O4Si/c1-8-11-12-13-14-17(15-25(5,6)7)16(4)18(19(21)23-9-2)20(22)24-10-3/h15-16,18H,8-14H2,1-7H3/b17-15+. The molecule has 0 aromatic carbocycles. The summed E-state index contributed by atoms with van der Waals surface area (Å²) in [4.78, 5) is 24.8. The van der Waals surface area contributed by atoms with Gasteiger partial charge in [-0.2, -0.15) is 0 Å². The van der Waals surface area contributed by atoms with Crippen LogP contribution in [0.2, 0.25) is 19.6 Å². The van der Waals surface area contributed by atoms with Gasteiger partial charge in [0, 0.05) is 5.92 Å². The van der Waals surface area contributed by atoms with Crippen LogP contribution in [0.25, 0.3) is 0 Å². The Kier molecular flexibility index (Phi) is 11.7. The lowest BCUT2D eigenvalue weighted by molar-refractivity contribution is -0.163. The molecule has 0 rings (SSSR count). The summed E-state index contributed by atoms with van der Waals surface area (Å²) in [6, 6.07) is 0. The van der Waals surface area contributed by atoms with E-state index in [1.54, 1.807) is 13.8 Å². The molecule has 0 aromatic rings. The largest absolute Gasteiger partial charge is 0.465 e. The smallest absolute Gasteiger partial charge is 0.320 e. The van der Waals surface area contributed by atoms with Gasteiger partial charge >= 0.3 is 11.9 Å². The van der Waals surface area contributed by atoms with Crippen LogP contribution in [0, 0.1) is 11.8 Å². The van der Waals surface area contributed by atoms with Gasteiger partial charge in [0.2, 0.25) is 0 Å². The third-order valence-electron chi connectivity index (χ3n) is 4.10. The SMILES string of the molecule is CCCCCC/C(=C\[Si](C)(C)C)C(C)C(C(=O)OCC)C(=O)OCC. The van der Waals surface area contributed by atoms with Gasteiger partial charge in [-0.25, -0.2) is 0 Å². The fraction of sp³-hybridized carbons (Fsp3) is 0.800. The van der Waals surface area contributed by atoms with Crippen LogP contribution in [0.5, 0.6) is 0 Å². The first-order valence-electron chi connectivity index (χ1n) is 9.72. The van der Waals surface area contributed by atoms with Crippen LogP contribution in [0.4, 0.5) is 0 Å². The molecule has 4 nitrogen and oxygen atoms in total. The van der Waals surface area contributed by atoms with Crippen LogP contribution in [-0.2, 0) is 19.1 Å². The Labute approximate surface area is 155 Å². The van der Waals surface area contributed by atoms with Crippen molar-refractivity contribution in [2.75, 3.05) is 13.2 Å². The van der Waals surface area contributed by atoms with Gasteiger partial charge in [-0.15, -0.1) is 0 Å². The van der Waals surface area contributed by atoms with E-state index in [0.717, 1.165) is 12.8 Å². The molecule has 0 spiro atoms. The molecule has 25 heavy (non-hydrogen) atoms. The van der Waals surface area contributed by atoms with E-state index in [2.05, 4.69) is 32.3 Å². The van der Waals surface area contributed by atoms with E-state index < -0.39 is 25.9 Å². The average molecular weight is 371 g/mol. The molecule has 5 heteroatoms. The highest BCUT2D eigenvalue weighted by molar-refractivity contribution is 6.81. The molecule has 0 saturated carbocycles. The lowest BCUT2D eigenvalue weighted by atomic mass is 9.85. The molecule has 146 valence electrons. The minimum atomic E-state index is -1.47. The first kappa shape index (κ1) is 23.9. The van der Waals surface area contributed by atoms with E-state index in [1.165, 1.54) is 24.8 Å². The van der Waals surface area contributed by atoms with Gasteiger partial charge in [0.15, 0.2) is 5.92 Å². The number of allylic oxidation sites excluding steroid dienone is 1. The van der Waals surface area contributed by atoms with Crippen molar-refractivity contribution < 1.29 is 19.1 Å². The average Bonchev–Trinajstić information content (AvgIpc) is 2.50. The Morgan fingerprint density at radius 3 is 1.84 bits per heavy atom. The van der Waals surface area contributed by atoms with Crippen molar-refractivity contribution in [3.8, 4) is 0 Å². The van der Waals surface area contributed by atoms with Crippen molar-refractivity contribution in [1.29, 1.82) is 0 Å². The molecular formula is C20H38O4Si. The highest BCUT2D eigenvalue weighted by Gasteiger charge is 2.37. The highest BCUT2D eigenvalue weighted by Crippen LogP contribution is 2.29. The fourth-order valence-corrected chi connectivity index (χ4v) is 4.45. The second-order valence-corrected chi connectivity index (χ2v) is 12.7. The monoisotopic (exact) mass is 370 g/mol. The molecular weight excluding hydrogens is 332 g/mol. The number of carbonyl (C=O) groups is 2. The van der Waals surface area contributed by atoms with Crippen LogP contribution in [0.1, 0.15) is 59.8 Å². The van der Waals surface area contributed by atoms with Crippen LogP contribution < -0.4 is 0 Å². The second kappa shape index (κ2) is 12.3. The minimum absolute atomic E-state index is 0.188. The summed E-state index contributed by atoms with van der Waals surface area (Å²) in [6.07, 6.45) is 5.61. The van der Waals surface area contributed by atoms with Crippen molar-refractivity contribution in [2.45, 2.75) is 79.4 Å². The Balaban J connectivity index is 5.47. The summed E-state index contributed by atoms with van der Waals surface area (Å²) in [5, 5.41) is 0. The summed E-state index contributed by atoms with van der Waals surface area (Å²) in [5.74, 6) is -1.99. The van der Waals surface area contributed by atoms with Crippen LogP contribution in [0.15, 0.2) is 11.3 Å². The predicted molar refractivity (Wildman–Crippen MR) is 106 cm³/mol. The Hall–Kier alpha value is -1.10. The molecule has 0 radical (unpaired) electrons. The van der Waals surface area contributed by atoms with Crippen molar-refractivity contribution in [2.24, 2.45) is 11.8 Å². The number of carbonyl (C=O) groups excluding carboxylic acids is 2. The Morgan fingerprint density at radius 1 is 0.920 bits per heavy atom. The molecule has 0 fully saturated rings. The molecule has 0 aromatic heterocycles. The summed E-state index contributed by atoms with van der Waals surface area (Å²) >= 11 is 0. The maximum Gasteiger partial charge on any atom is 0.320 e. The number of hydrogen-bond donors (Lipinski definition) is 0.